The van der Waals surface area contributed by atoms with Gasteiger partial charge < -0.3 is 14.2 Å². The second-order valence-electron chi connectivity index (χ2n) is 6.86. The summed E-state index contributed by atoms with van der Waals surface area (Å²) in [6.07, 6.45) is 1.50. The molecule has 0 saturated carbocycles. The van der Waals surface area contributed by atoms with Crippen LogP contribution in [0, 0.1) is 5.82 Å². The molecule has 7 nitrogen and oxygen atoms in total. The molecule has 1 aliphatic rings. The first-order valence-electron chi connectivity index (χ1n) is 10.0. The van der Waals surface area contributed by atoms with Crippen molar-refractivity contribution in [3.8, 4) is 11.5 Å². The van der Waals surface area contributed by atoms with Gasteiger partial charge in [-0.25, -0.2) is 9.82 Å². The Kier molecular flexibility index (Phi) is 8.63. The maximum Gasteiger partial charge on any atom is 0.254 e. The van der Waals surface area contributed by atoms with E-state index in [1.807, 2.05) is 11.8 Å². The van der Waals surface area contributed by atoms with E-state index >= 15 is 0 Å². The van der Waals surface area contributed by atoms with Crippen molar-refractivity contribution in [3.05, 3.63) is 58.4 Å². The molecule has 0 atom stereocenters. The van der Waals surface area contributed by atoms with Crippen LogP contribution in [0.5, 0.6) is 11.5 Å². The molecule has 2 aromatic rings. The zero-order valence-corrected chi connectivity index (χ0v) is 18.0. The molecule has 1 N–H and O–H groups in total. The number of nitrogens with one attached hydrogen (secondary N) is 1. The van der Waals surface area contributed by atoms with E-state index in [1.54, 1.807) is 24.3 Å². The average Bonchev–Trinajstić information content (AvgIpc) is 2.75. The monoisotopic (exact) mass is 449 g/mol. The highest BCUT2D eigenvalue weighted by Crippen LogP contribution is 2.37. The number of carbonyl (C=O) groups is 1. The molecule has 3 rings (SSSR count). The van der Waals surface area contributed by atoms with Crippen LogP contribution in [-0.2, 0) is 16.1 Å². The summed E-state index contributed by atoms with van der Waals surface area (Å²) >= 11 is 6.40. The van der Waals surface area contributed by atoms with Crippen molar-refractivity contribution in [1.82, 2.24) is 10.3 Å². The minimum Gasteiger partial charge on any atom is -0.490 e. The highest BCUT2D eigenvalue weighted by Gasteiger charge is 2.14. The van der Waals surface area contributed by atoms with E-state index in [1.165, 1.54) is 18.3 Å². The molecular weight excluding hydrogens is 425 g/mol. The van der Waals surface area contributed by atoms with Gasteiger partial charge in [-0.1, -0.05) is 23.7 Å². The highest BCUT2D eigenvalue weighted by atomic mass is 35.5. The van der Waals surface area contributed by atoms with Gasteiger partial charge in [0.05, 0.1) is 37.6 Å². The number of rotatable bonds is 9. The lowest BCUT2D eigenvalue weighted by Crippen LogP contribution is -2.42. The zero-order valence-electron chi connectivity index (χ0n) is 17.3. The standard InChI is InChI=1S/C22H25ClFN3O4/c1-2-30-20-12-17(13-25-26-21(28)14-27-7-9-29-10-8-27)11-19(23)22(20)31-15-16-3-5-18(24)6-4-16/h3-6,11-13H,2,7-10,14-15H2,1H3,(H,26,28)/b25-13-. The van der Waals surface area contributed by atoms with E-state index in [4.69, 9.17) is 25.8 Å². The third kappa shape index (κ3) is 7.20. The lowest BCUT2D eigenvalue weighted by atomic mass is 10.2. The van der Waals surface area contributed by atoms with Crippen molar-refractivity contribution < 1.29 is 23.4 Å². The van der Waals surface area contributed by atoms with E-state index in [2.05, 4.69) is 10.5 Å². The summed E-state index contributed by atoms with van der Waals surface area (Å²) in [4.78, 5) is 14.0. The van der Waals surface area contributed by atoms with Crippen molar-refractivity contribution in [2.75, 3.05) is 39.5 Å². The molecule has 166 valence electrons. The van der Waals surface area contributed by atoms with E-state index < -0.39 is 0 Å². The van der Waals surface area contributed by atoms with Gasteiger partial charge in [0.25, 0.3) is 5.91 Å². The molecule has 1 heterocycles. The molecule has 1 aliphatic heterocycles. The number of hydrogen-bond acceptors (Lipinski definition) is 6. The van der Waals surface area contributed by atoms with Gasteiger partial charge >= 0.3 is 0 Å². The molecule has 9 heteroatoms. The topological polar surface area (TPSA) is 72.4 Å². The molecule has 31 heavy (non-hydrogen) atoms. The Balaban J connectivity index is 1.62. The Bertz CT molecular complexity index is 902. The van der Waals surface area contributed by atoms with Crippen LogP contribution in [0.1, 0.15) is 18.1 Å². The van der Waals surface area contributed by atoms with Crippen molar-refractivity contribution in [1.29, 1.82) is 0 Å². The molecule has 1 saturated heterocycles. The van der Waals surface area contributed by atoms with Gasteiger partial charge in [0.2, 0.25) is 0 Å². The molecule has 0 bridgehead atoms. The minimum absolute atomic E-state index is 0.200. The Hall–Kier alpha value is -2.68. The minimum atomic E-state index is -0.308. The number of hydrazone groups is 1. The Morgan fingerprint density at radius 2 is 2.00 bits per heavy atom. The summed E-state index contributed by atoms with van der Waals surface area (Å²) in [5, 5.41) is 4.35. The van der Waals surface area contributed by atoms with Crippen molar-refractivity contribution in [3.63, 3.8) is 0 Å². The number of ether oxygens (including phenoxy) is 3. The molecule has 0 radical (unpaired) electrons. The van der Waals surface area contributed by atoms with E-state index in [0.29, 0.717) is 41.9 Å². The second-order valence-corrected chi connectivity index (χ2v) is 7.27. The number of carbonyl (C=O) groups excluding carboxylic acids is 1. The van der Waals surface area contributed by atoms with Crippen LogP contribution >= 0.6 is 11.6 Å². The van der Waals surface area contributed by atoms with Gasteiger partial charge in [-0.15, -0.1) is 0 Å². The number of benzene rings is 2. The maximum atomic E-state index is 13.1. The Labute approximate surface area is 185 Å². The average molecular weight is 450 g/mol. The maximum absolute atomic E-state index is 13.1. The predicted molar refractivity (Wildman–Crippen MR) is 116 cm³/mol. The van der Waals surface area contributed by atoms with Gasteiger partial charge in [0.15, 0.2) is 11.5 Å². The van der Waals surface area contributed by atoms with Crippen molar-refractivity contribution in [2.24, 2.45) is 5.10 Å². The molecule has 0 unspecified atom stereocenters. The van der Waals surface area contributed by atoms with Crippen LogP contribution in [0.15, 0.2) is 41.5 Å². The van der Waals surface area contributed by atoms with E-state index in [-0.39, 0.29) is 24.9 Å². The summed E-state index contributed by atoms with van der Waals surface area (Å²) < 4.78 is 29.8. The summed E-state index contributed by atoms with van der Waals surface area (Å²) in [7, 11) is 0. The first-order valence-corrected chi connectivity index (χ1v) is 10.4. The summed E-state index contributed by atoms with van der Waals surface area (Å²) in [6.45, 7) is 5.46. The SMILES string of the molecule is CCOc1cc(/C=N\NC(=O)CN2CCOCC2)cc(Cl)c1OCc1ccc(F)cc1. The van der Waals surface area contributed by atoms with Crippen molar-refractivity contribution >= 4 is 23.7 Å². The molecule has 1 fully saturated rings. The highest BCUT2D eigenvalue weighted by molar-refractivity contribution is 6.32. The summed E-state index contributed by atoms with van der Waals surface area (Å²) in [5.74, 6) is 0.338. The molecule has 0 aliphatic carbocycles. The lowest BCUT2D eigenvalue weighted by molar-refractivity contribution is -0.123. The summed E-state index contributed by atoms with van der Waals surface area (Å²) in [6, 6.07) is 9.43. The molecule has 0 spiro atoms. The van der Waals surface area contributed by atoms with Crippen LogP contribution in [0.4, 0.5) is 4.39 Å². The Morgan fingerprint density at radius 1 is 1.26 bits per heavy atom. The van der Waals surface area contributed by atoms with E-state index in [9.17, 15) is 9.18 Å². The van der Waals surface area contributed by atoms with Crippen molar-refractivity contribution in [2.45, 2.75) is 13.5 Å². The first kappa shape index (κ1) is 23.0. The van der Waals surface area contributed by atoms with Gasteiger partial charge in [0.1, 0.15) is 12.4 Å². The van der Waals surface area contributed by atoms with Crippen LogP contribution in [0.2, 0.25) is 5.02 Å². The van der Waals surface area contributed by atoms with Gasteiger partial charge in [-0.3, -0.25) is 9.69 Å². The lowest BCUT2D eigenvalue weighted by Gasteiger charge is -2.25. The fourth-order valence-electron chi connectivity index (χ4n) is 2.98. The fraction of sp³-hybridized carbons (Fsp3) is 0.364. The van der Waals surface area contributed by atoms with E-state index in [0.717, 1.165) is 18.7 Å². The van der Waals surface area contributed by atoms with Crippen LogP contribution in [0.25, 0.3) is 0 Å². The van der Waals surface area contributed by atoms with Crippen LogP contribution in [-0.4, -0.2) is 56.5 Å². The van der Waals surface area contributed by atoms with Crippen LogP contribution < -0.4 is 14.9 Å². The van der Waals surface area contributed by atoms with Gasteiger partial charge in [-0.2, -0.15) is 5.10 Å². The third-order valence-electron chi connectivity index (χ3n) is 4.50. The van der Waals surface area contributed by atoms with Gasteiger partial charge in [0, 0.05) is 13.1 Å². The predicted octanol–water partition coefficient (Wildman–Crippen LogP) is 3.24. The second kappa shape index (κ2) is 11.6. The normalized spacial score (nSPS) is 14.5. The largest absolute Gasteiger partial charge is 0.490 e. The number of hydrogen-bond donors (Lipinski definition) is 1. The number of amides is 1. The third-order valence-corrected chi connectivity index (χ3v) is 4.78. The molecular formula is C22H25ClFN3O4. The first-order chi connectivity index (χ1) is 15.0. The van der Waals surface area contributed by atoms with Gasteiger partial charge in [-0.05, 0) is 42.3 Å². The molecule has 2 aromatic carbocycles. The Morgan fingerprint density at radius 3 is 2.71 bits per heavy atom. The zero-order chi connectivity index (χ0) is 22.1. The number of halogens is 2. The van der Waals surface area contributed by atoms with Crippen LogP contribution in [0.3, 0.4) is 0 Å². The number of nitrogens with zero attached hydrogens (tertiary/aromatic N) is 2. The quantitative estimate of drug-likeness (QED) is 0.470. The molecule has 1 amide bonds. The molecule has 0 aromatic heterocycles. The fourth-order valence-corrected chi connectivity index (χ4v) is 3.25. The summed E-state index contributed by atoms with van der Waals surface area (Å²) in [5.41, 5.74) is 3.96. The smallest absolute Gasteiger partial charge is 0.254 e. The number of morpholine rings is 1.